The third-order valence-electron chi connectivity index (χ3n) is 4.17. The van der Waals surface area contributed by atoms with E-state index >= 15 is 0 Å². The average molecular weight is 323 g/mol. The Labute approximate surface area is 127 Å². The number of fused-ring (bicyclic) bond motifs is 1. The van der Waals surface area contributed by atoms with Crippen LogP contribution < -0.4 is 5.56 Å². The van der Waals surface area contributed by atoms with Crippen molar-refractivity contribution in [1.29, 1.82) is 0 Å². The Morgan fingerprint density at radius 2 is 2.14 bits per heavy atom. The van der Waals surface area contributed by atoms with E-state index in [1.54, 1.807) is 13.0 Å². The molecular formula is C14H17N3O4S. The summed E-state index contributed by atoms with van der Waals surface area (Å²) < 4.78 is 24.7. The highest BCUT2D eigenvalue weighted by Gasteiger charge is 2.39. The van der Waals surface area contributed by atoms with Gasteiger partial charge < -0.3 is 5.11 Å². The number of aromatic nitrogens is 3. The van der Waals surface area contributed by atoms with Gasteiger partial charge in [-0.15, -0.1) is 0 Å². The minimum atomic E-state index is -3.58. The first kappa shape index (κ1) is 15.1. The van der Waals surface area contributed by atoms with Crippen LogP contribution in [0.15, 0.2) is 28.3 Å². The topological polar surface area (TPSA) is 102 Å². The second-order valence-electron chi connectivity index (χ2n) is 6.01. The van der Waals surface area contributed by atoms with Gasteiger partial charge in [-0.25, -0.2) is 13.4 Å². The molecule has 0 aliphatic heterocycles. The number of rotatable bonds is 2. The summed E-state index contributed by atoms with van der Waals surface area (Å²) in [6, 6.07) is 2.52. The molecule has 0 unspecified atom stereocenters. The zero-order valence-corrected chi connectivity index (χ0v) is 13.2. The molecule has 0 aromatic carbocycles. The van der Waals surface area contributed by atoms with Crippen LogP contribution in [0.25, 0.3) is 11.0 Å². The number of aliphatic hydroxyl groups is 1. The molecule has 2 atom stereocenters. The Bertz CT molecular complexity index is 902. The van der Waals surface area contributed by atoms with Crippen molar-refractivity contribution in [3.05, 3.63) is 28.7 Å². The first-order valence-electron chi connectivity index (χ1n) is 7.01. The van der Waals surface area contributed by atoms with E-state index in [-0.39, 0.29) is 16.4 Å². The van der Waals surface area contributed by atoms with E-state index in [2.05, 4.69) is 9.97 Å². The molecule has 7 nitrogen and oxygen atoms in total. The standard InChI is InChI=1S/C14H17N3O4S/c1-14(19)7-3-4-10(14)17-11(18)6-5-9-8-15-13(16-12(9)17)22(2,20)21/h5-6,8,10,19H,3-4,7H2,1-2H3/t10-,14-/m1/s1. The lowest BCUT2D eigenvalue weighted by atomic mass is 10.00. The Hall–Kier alpha value is -1.80. The molecule has 2 aromatic rings. The van der Waals surface area contributed by atoms with E-state index in [0.29, 0.717) is 18.2 Å². The molecule has 2 heterocycles. The molecule has 1 aliphatic rings. The molecule has 1 saturated carbocycles. The lowest BCUT2D eigenvalue weighted by molar-refractivity contribution is 0.0266. The lowest BCUT2D eigenvalue weighted by Gasteiger charge is -2.28. The maximum atomic E-state index is 12.3. The predicted octanol–water partition coefficient (Wildman–Crippen LogP) is 0.671. The highest BCUT2D eigenvalue weighted by atomic mass is 32.2. The Morgan fingerprint density at radius 3 is 2.73 bits per heavy atom. The van der Waals surface area contributed by atoms with Gasteiger partial charge in [0.25, 0.3) is 5.56 Å². The second kappa shape index (κ2) is 4.85. The molecule has 0 radical (unpaired) electrons. The van der Waals surface area contributed by atoms with Gasteiger partial charge in [0.05, 0.1) is 11.6 Å². The minimum absolute atomic E-state index is 0.245. The smallest absolute Gasteiger partial charge is 0.252 e. The van der Waals surface area contributed by atoms with Gasteiger partial charge in [-0.1, -0.05) is 0 Å². The van der Waals surface area contributed by atoms with Gasteiger partial charge in [0.1, 0.15) is 5.65 Å². The van der Waals surface area contributed by atoms with Crippen LogP contribution in [-0.4, -0.2) is 39.9 Å². The third kappa shape index (κ3) is 2.42. The summed E-state index contributed by atoms with van der Waals surface area (Å²) in [6.45, 7) is 1.69. The number of pyridine rings is 1. The normalized spacial score (nSPS) is 25.7. The predicted molar refractivity (Wildman–Crippen MR) is 80.4 cm³/mol. The summed E-state index contributed by atoms with van der Waals surface area (Å²) in [5.41, 5.74) is -1.08. The fourth-order valence-corrected chi connectivity index (χ4v) is 3.54. The summed E-state index contributed by atoms with van der Waals surface area (Å²) in [5.74, 6) is 0. The summed E-state index contributed by atoms with van der Waals surface area (Å²) in [4.78, 5) is 20.2. The zero-order valence-electron chi connectivity index (χ0n) is 12.4. The summed E-state index contributed by atoms with van der Waals surface area (Å²) in [6.07, 6.45) is 4.43. The molecule has 1 N–H and O–H groups in total. The van der Waals surface area contributed by atoms with Crippen molar-refractivity contribution >= 4 is 20.9 Å². The van der Waals surface area contributed by atoms with E-state index in [0.717, 1.165) is 12.7 Å². The van der Waals surface area contributed by atoms with E-state index in [1.807, 2.05) is 0 Å². The van der Waals surface area contributed by atoms with Crippen molar-refractivity contribution in [2.75, 3.05) is 6.26 Å². The summed E-state index contributed by atoms with van der Waals surface area (Å²) >= 11 is 0. The van der Waals surface area contributed by atoms with Crippen LogP contribution in [0.2, 0.25) is 0 Å². The zero-order chi connectivity index (χ0) is 16.1. The van der Waals surface area contributed by atoms with Gasteiger partial charge in [-0.2, -0.15) is 4.98 Å². The monoisotopic (exact) mass is 323 g/mol. The van der Waals surface area contributed by atoms with Gasteiger partial charge in [0.15, 0.2) is 0 Å². The molecular weight excluding hydrogens is 306 g/mol. The molecule has 0 bridgehead atoms. The van der Waals surface area contributed by atoms with Crippen molar-refractivity contribution in [2.24, 2.45) is 0 Å². The maximum Gasteiger partial charge on any atom is 0.252 e. The number of sulfone groups is 1. The van der Waals surface area contributed by atoms with E-state index in [9.17, 15) is 18.3 Å². The van der Waals surface area contributed by atoms with Crippen LogP contribution >= 0.6 is 0 Å². The molecule has 1 aliphatic carbocycles. The summed E-state index contributed by atoms with van der Waals surface area (Å²) in [5, 5.41) is 10.7. The molecule has 0 spiro atoms. The van der Waals surface area contributed by atoms with Crippen LogP contribution in [-0.2, 0) is 9.84 Å². The van der Waals surface area contributed by atoms with E-state index in [1.165, 1.54) is 16.8 Å². The molecule has 118 valence electrons. The Morgan fingerprint density at radius 1 is 1.41 bits per heavy atom. The van der Waals surface area contributed by atoms with E-state index in [4.69, 9.17) is 0 Å². The van der Waals surface area contributed by atoms with E-state index < -0.39 is 21.5 Å². The van der Waals surface area contributed by atoms with Crippen LogP contribution in [0.5, 0.6) is 0 Å². The largest absolute Gasteiger partial charge is 0.388 e. The first-order valence-corrected chi connectivity index (χ1v) is 8.90. The molecule has 0 saturated heterocycles. The second-order valence-corrected chi connectivity index (χ2v) is 7.92. The van der Waals surface area contributed by atoms with Crippen molar-refractivity contribution < 1.29 is 13.5 Å². The maximum absolute atomic E-state index is 12.3. The fraction of sp³-hybridized carbons (Fsp3) is 0.500. The van der Waals surface area contributed by atoms with Gasteiger partial charge in [0, 0.05) is 23.9 Å². The number of hydrogen-bond acceptors (Lipinski definition) is 6. The number of hydrogen-bond donors (Lipinski definition) is 1. The van der Waals surface area contributed by atoms with Crippen molar-refractivity contribution in [3.63, 3.8) is 0 Å². The SMILES string of the molecule is C[C@@]1(O)CCC[C@H]1n1c(=O)ccc2cnc(S(C)(=O)=O)nc21. The highest BCUT2D eigenvalue weighted by molar-refractivity contribution is 7.90. The third-order valence-corrected chi connectivity index (χ3v) is 5.03. The highest BCUT2D eigenvalue weighted by Crippen LogP contribution is 2.39. The summed E-state index contributed by atoms with van der Waals surface area (Å²) in [7, 11) is -3.58. The van der Waals surface area contributed by atoms with Gasteiger partial charge in [0.2, 0.25) is 15.0 Å². The molecule has 0 amide bonds. The number of nitrogens with zero attached hydrogens (tertiary/aromatic N) is 3. The molecule has 22 heavy (non-hydrogen) atoms. The molecule has 8 heteroatoms. The van der Waals surface area contributed by atoms with Gasteiger partial charge in [-0.3, -0.25) is 9.36 Å². The van der Waals surface area contributed by atoms with Crippen molar-refractivity contribution in [2.45, 2.75) is 43.0 Å². The van der Waals surface area contributed by atoms with Gasteiger partial charge in [-0.05, 0) is 32.3 Å². The molecule has 1 fully saturated rings. The minimum Gasteiger partial charge on any atom is -0.388 e. The Kier molecular flexibility index (Phi) is 3.33. The average Bonchev–Trinajstić information content (AvgIpc) is 2.76. The van der Waals surface area contributed by atoms with Gasteiger partial charge >= 0.3 is 0 Å². The van der Waals surface area contributed by atoms with Crippen LogP contribution in [0, 0.1) is 0 Å². The fourth-order valence-electron chi connectivity index (χ4n) is 3.04. The van der Waals surface area contributed by atoms with Crippen molar-refractivity contribution in [1.82, 2.24) is 14.5 Å². The quantitative estimate of drug-likeness (QED) is 0.815. The van der Waals surface area contributed by atoms with Crippen LogP contribution in [0.1, 0.15) is 32.2 Å². The van der Waals surface area contributed by atoms with Crippen LogP contribution in [0.4, 0.5) is 0 Å². The Balaban J connectivity index is 2.33. The van der Waals surface area contributed by atoms with Crippen LogP contribution in [0.3, 0.4) is 0 Å². The molecule has 2 aromatic heterocycles. The first-order chi connectivity index (χ1) is 10.2. The lowest BCUT2D eigenvalue weighted by Crippen LogP contribution is -2.37. The molecule has 3 rings (SSSR count). The van der Waals surface area contributed by atoms with Crippen molar-refractivity contribution in [3.8, 4) is 0 Å².